The molecule has 0 amide bonds. The van der Waals surface area contributed by atoms with Crippen LogP contribution in [0.1, 0.15) is 52.6 Å². The van der Waals surface area contributed by atoms with Crippen molar-refractivity contribution >= 4 is 28.7 Å². The minimum absolute atomic E-state index is 0.325. The highest BCUT2D eigenvalue weighted by Gasteiger charge is 2.59. The summed E-state index contributed by atoms with van der Waals surface area (Å²) in [6.07, 6.45) is 1.07. The number of ketones is 2. The fraction of sp³-hybridized carbons (Fsp3) is 0.261. The number of Topliss-reactive ketones (excluding diaryl/α,β-unsaturated/α-hetero) is 2. The van der Waals surface area contributed by atoms with E-state index in [1.807, 2.05) is 20.8 Å². The second-order valence-corrected chi connectivity index (χ2v) is 8.61. The van der Waals surface area contributed by atoms with Crippen LogP contribution in [0.15, 0.2) is 48.5 Å². The molecule has 0 unspecified atom stereocenters. The van der Waals surface area contributed by atoms with Gasteiger partial charge >= 0.3 is 0 Å². The van der Waals surface area contributed by atoms with E-state index < -0.39 is 28.7 Å². The molecule has 0 bridgehead atoms. The van der Waals surface area contributed by atoms with Crippen molar-refractivity contribution in [3.8, 4) is 6.07 Å². The third-order valence-electron chi connectivity index (χ3n) is 5.30. The van der Waals surface area contributed by atoms with E-state index in [4.69, 9.17) is 16.3 Å². The van der Waals surface area contributed by atoms with Crippen molar-refractivity contribution in [2.24, 2.45) is 5.41 Å². The predicted octanol–water partition coefficient (Wildman–Crippen LogP) is 4.97. The predicted molar refractivity (Wildman–Crippen MR) is 106 cm³/mol. The highest BCUT2D eigenvalue weighted by molar-refractivity contribution is 6.33. The minimum Gasteiger partial charge on any atom is -0.346 e. The summed E-state index contributed by atoms with van der Waals surface area (Å²) in [6, 6.07) is 13.8. The second kappa shape index (κ2) is 6.13. The summed E-state index contributed by atoms with van der Waals surface area (Å²) >= 11 is 6.23. The quantitative estimate of drug-likeness (QED) is 0.595. The molecule has 1 atom stereocenters. The molecule has 140 valence electrons. The molecule has 5 heteroatoms. The van der Waals surface area contributed by atoms with Gasteiger partial charge in [0.25, 0.3) is 0 Å². The molecule has 0 fully saturated rings. The van der Waals surface area contributed by atoms with Crippen LogP contribution in [0.2, 0.25) is 5.02 Å². The molecule has 1 aliphatic heterocycles. The number of hydrogen-bond acceptors (Lipinski definition) is 4. The van der Waals surface area contributed by atoms with Crippen LogP contribution >= 0.6 is 11.6 Å². The summed E-state index contributed by atoms with van der Waals surface area (Å²) in [5.41, 5.74) is -0.468. The maximum absolute atomic E-state index is 13.6. The molecule has 0 radical (unpaired) electrons. The van der Waals surface area contributed by atoms with Gasteiger partial charge in [-0.25, -0.2) is 0 Å². The number of carbonyl (C=O) groups is 2. The van der Waals surface area contributed by atoms with Gasteiger partial charge in [0.1, 0.15) is 0 Å². The lowest BCUT2D eigenvalue weighted by atomic mass is 9.83. The van der Waals surface area contributed by atoms with Crippen LogP contribution in [-0.4, -0.2) is 17.7 Å². The van der Waals surface area contributed by atoms with Crippen LogP contribution in [0.25, 0.3) is 5.57 Å². The number of allylic oxidation sites excluding steroid dienone is 1. The van der Waals surface area contributed by atoms with E-state index in [0.717, 1.165) is 0 Å². The first-order valence-electron chi connectivity index (χ1n) is 8.99. The first kappa shape index (κ1) is 18.6. The molecule has 0 N–H and O–H groups in total. The van der Waals surface area contributed by atoms with Gasteiger partial charge < -0.3 is 4.74 Å². The molecule has 4 rings (SSSR count). The molecule has 4 nitrogen and oxygen atoms in total. The van der Waals surface area contributed by atoms with Crippen molar-refractivity contribution in [2.75, 3.05) is 0 Å². The molecular formula is C23H18ClNO3. The fourth-order valence-electron chi connectivity index (χ4n) is 3.81. The molecule has 2 aromatic rings. The first-order chi connectivity index (χ1) is 13.2. The van der Waals surface area contributed by atoms with E-state index in [9.17, 15) is 14.9 Å². The number of fused-ring (bicyclic) bond motifs is 3. The Balaban J connectivity index is 2.08. The average Bonchev–Trinajstić information content (AvgIpc) is 2.79. The number of rotatable bonds is 0. The number of carbonyl (C=O) groups excluding carboxylic acids is 2. The van der Waals surface area contributed by atoms with Crippen LogP contribution in [0.3, 0.4) is 0 Å². The third-order valence-corrected chi connectivity index (χ3v) is 5.54. The van der Waals surface area contributed by atoms with E-state index in [2.05, 4.69) is 6.07 Å². The number of nitriles is 1. The SMILES string of the molecule is CC(C)(C)[C@@H]1C=C(C#N)c2ccc(Cl)cc2C2(O1)C(=O)c1ccccc1C2=O. The number of nitrogens with zero attached hydrogens (tertiary/aromatic N) is 1. The van der Waals surface area contributed by atoms with Crippen molar-refractivity contribution in [2.45, 2.75) is 32.5 Å². The number of hydrogen-bond donors (Lipinski definition) is 0. The van der Waals surface area contributed by atoms with Crippen molar-refractivity contribution < 1.29 is 14.3 Å². The van der Waals surface area contributed by atoms with E-state index in [0.29, 0.717) is 32.8 Å². The zero-order chi connectivity index (χ0) is 20.3. The van der Waals surface area contributed by atoms with E-state index in [1.165, 1.54) is 0 Å². The summed E-state index contributed by atoms with van der Waals surface area (Å²) < 4.78 is 6.36. The Hall–Kier alpha value is -2.74. The summed E-state index contributed by atoms with van der Waals surface area (Å²) in [6.45, 7) is 5.82. The maximum atomic E-state index is 13.6. The highest BCUT2D eigenvalue weighted by atomic mass is 35.5. The molecule has 2 aromatic carbocycles. The average molecular weight is 392 g/mol. The lowest BCUT2D eigenvalue weighted by molar-refractivity contribution is -0.0697. The number of halogens is 1. The van der Waals surface area contributed by atoms with Crippen molar-refractivity contribution in [1.29, 1.82) is 5.26 Å². The van der Waals surface area contributed by atoms with Crippen LogP contribution in [-0.2, 0) is 10.3 Å². The van der Waals surface area contributed by atoms with Gasteiger partial charge in [-0.15, -0.1) is 0 Å². The van der Waals surface area contributed by atoms with Crippen LogP contribution in [0, 0.1) is 16.7 Å². The summed E-state index contributed by atoms with van der Waals surface area (Å²) in [5, 5.41) is 10.1. The zero-order valence-electron chi connectivity index (χ0n) is 15.7. The summed E-state index contributed by atoms with van der Waals surface area (Å²) in [5.74, 6) is -0.836. The molecule has 2 aliphatic rings. The summed E-state index contributed by atoms with van der Waals surface area (Å²) in [7, 11) is 0. The molecule has 1 spiro atoms. The van der Waals surface area contributed by atoms with Gasteiger partial charge in [0, 0.05) is 21.7 Å². The largest absolute Gasteiger partial charge is 0.346 e. The van der Waals surface area contributed by atoms with Gasteiger partial charge in [0.15, 0.2) is 0 Å². The van der Waals surface area contributed by atoms with Crippen molar-refractivity contribution in [3.05, 3.63) is 75.8 Å². The third kappa shape index (κ3) is 2.47. The maximum Gasteiger partial charge on any atom is 0.220 e. The topological polar surface area (TPSA) is 67.2 Å². The molecule has 0 saturated carbocycles. The molecule has 1 heterocycles. The Bertz CT molecular complexity index is 1070. The Morgan fingerprint density at radius 2 is 1.64 bits per heavy atom. The Morgan fingerprint density at radius 3 is 2.18 bits per heavy atom. The number of benzene rings is 2. The van der Waals surface area contributed by atoms with Gasteiger partial charge in [-0.3, -0.25) is 9.59 Å². The van der Waals surface area contributed by atoms with Crippen LogP contribution < -0.4 is 0 Å². The second-order valence-electron chi connectivity index (χ2n) is 8.17. The highest BCUT2D eigenvalue weighted by Crippen LogP contribution is 2.48. The minimum atomic E-state index is -1.85. The van der Waals surface area contributed by atoms with Gasteiger partial charge in [0.05, 0.1) is 17.7 Å². The Morgan fingerprint density at radius 1 is 1.04 bits per heavy atom. The monoisotopic (exact) mass is 391 g/mol. The normalized spacial score (nSPS) is 20.2. The van der Waals surface area contributed by atoms with Gasteiger partial charge in [-0.2, -0.15) is 5.26 Å². The van der Waals surface area contributed by atoms with Crippen molar-refractivity contribution in [3.63, 3.8) is 0 Å². The van der Waals surface area contributed by atoms with Crippen LogP contribution in [0.4, 0.5) is 0 Å². The van der Waals surface area contributed by atoms with Crippen molar-refractivity contribution in [1.82, 2.24) is 0 Å². The van der Waals surface area contributed by atoms with E-state index in [-0.39, 0.29) is 0 Å². The summed E-state index contributed by atoms with van der Waals surface area (Å²) in [4.78, 5) is 27.2. The van der Waals surface area contributed by atoms with Gasteiger partial charge in [0.2, 0.25) is 17.2 Å². The van der Waals surface area contributed by atoms with Gasteiger partial charge in [-0.05, 0) is 29.2 Å². The van der Waals surface area contributed by atoms with Crippen LogP contribution in [0.5, 0.6) is 0 Å². The number of ether oxygens (including phenoxy) is 1. The molecule has 28 heavy (non-hydrogen) atoms. The standard InChI is InChI=1S/C23H18ClNO3/c1-22(2,3)19-10-13(12-25)15-9-8-14(24)11-18(15)23(28-19)20(26)16-6-4-5-7-17(16)21(23)27/h4-11,19H,1-3H3/t19-/m0/s1. The van der Waals surface area contributed by atoms with Gasteiger partial charge in [-0.1, -0.05) is 62.7 Å². The van der Waals surface area contributed by atoms with E-state index in [1.54, 1.807) is 48.5 Å². The molecule has 0 aromatic heterocycles. The van der Waals surface area contributed by atoms with E-state index >= 15 is 0 Å². The molecule has 0 saturated heterocycles. The molecule has 1 aliphatic carbocycles. The Labute approximate surface area is 168 Å². The lowest BCUT2D eigenvalue weighted by Gasteiger charge is -2.35. The fourth-order valence-corrected chi connectivity index (χ4v) is 3.98. The Kier molecular flexibility index (Phi) is 4.08. The smallest absolute Gasteiger partial charge is 0.220 e. The lowest BCUT2D eigenvalue weighted by Crippen LogP contribution is -2.46. The molecular weight excluding hydrogens is 374 g/mol. The zero-order valence-corrected chi connectivity index (χ0v) is 16.5. The first-order valence-corrected chi connectivity index (χ1v) is 9.36.